The summed E-state index contributed by atoms with van der Waals surface area (Å²) in [4.78, 5) is 19.3. The van der Waals surface area contributed by atoms with E-state index in [4.69, 9.17) is 10.5 Å². The zero-order chi connectivity index (χ0) is 16.4. The van der Waals surface area contributed by atoms with Crippen molar-refractivity contribution in [2.24, 2.45) is 0 Å². The highest BCUT2D eigenvalue weighted by Gasteiger charge is 2.07. The summed E-state index contributed by atoms with van der Waals surface area (Å²) >= 11 is 0. The van der Waals surface area contributed by atoms with Gasteiger partial charge >= 0.3 is 0 Å². The van der Waals surface area contributed by atoms with Crippen molar-refractivity contribution in [3.63, 3.8) is 0 Å². The van der Waals surface area contributed by atoms with E-state index in [1.54, 1.807) is 7.11 Å². The van der Waals surface area contributed by atoms with Crippen LogP contribution in [0.4, 0.5) is 5.69 Å². The fraction of sp³-hybridized carbons (Fsp3) is 0.111. The van der Waals surface area contributed by atoms with Crippen molar-refractivity contribution in [1.29, 1.82) is 0 Å². The summed E-state index contributed by atoms with van der Waals surface area (Å²) in [5, 5.41) is 0. The summed E-state index contributed by atoms with van der Waals surface area (Å²) in [6.07, 6.45) is 0. The molecule has 3 rings (SSSR count). The van der Waals surface area contributed by atoms with Gasteiger partial charge < -0.3 is 15.5 Å². The van der Waals surface area contributed by atoms with Gasteiger partial charge in [-0.25, -0.2) is 4.98 Å². The summed E-state index contributed by atoms with van der Waals surface area (Å²) < 4.78 is 5.14. The predicted octanol–water partition coefficient (Wildman–Crippen LogP) is 3.00. The fourth-order valence-corrected chi connectivity index (χ4v) is 2.29. The Morgan fingerprint density at radius 1 is 1.04 bits per heavy atom. The molecule has 0 aliphatic rings. The van der Waals surface area contributed by atoms with Crippen LogP contribution >= 0.6 is 0 Å². The van der Waals surface area contributed by atoms with E-state index in [2.05, 4.69) is 9.97 Å². The van der Waals surface area contributed by atoms with Crippen molar-refractivity contribution in [2.45, 2.75) is 6.92 Å². The van der Waals surface area contributed by atoms with Gasteiger partial charge in [0.25, 0.3) is 5.56 Å². The van der Waals surface area contributed by atoms with Gasteiger partial charge in [-0.2, -0.15) is 0 Å². The van der Waals surface area contributed by atoms with E-state index in [0.29, 0.717) is 17.2 Å². The molecule has 5 heteroatoms. The smallest absolute Gasteiger partial charge is 0.251 e. The van der Waals surface area contributed by atoms with Crippen LogP contribution in [0.25, 0.3) is 22.6 Å². The Balaban J connectivity index is 2.07. The zero-order valence-electron chi connectivity index (χ0n) is 13.0. The van der Waals surface area contributed by atoms with Crippen molar-refractivity contribution in [3.8, 4) is 28.4 Å². The van der Waals surface area contributed by atoms with Crippen molar-refractivity contribution in [3.05, 3.63) is 64.4 Å². The fourth-order valence-electron chi connectivity index (χ4n) is 2.29. The number of hydrogen-bond acceptors (Lipinski definition) is 4. The number of anilines is 1. The van der Waals surface area contributed by atoms with Gasteiger partial charge in [0.05, 0.1) is 12.8 Å². The summed E-state index contributed by atoms with van der Waals surface area (Å²) in [6.45, 7) is 1.94. The molecule has 0 radical (unpaired) electrons. The number of nitrogens with two attached hydrogens (primary N) is 1. The zero-order valence-corrected chi connectivity index (χ0v) is 13.0. The number of benzene rings is 2. The number of ether oxygens (including phenoxy) is 1. The van der Waals surface area contributed by atoms with Crippen LogP contribution in [0.5, 0.6) is 5.75 Å². The van der Waals surface area contributed by atoms with Gasteiger partial charge in [-0.3, -0.25) is 4.79 Å². The average molecular weight is 307 g/mol. The van der Waals surface area contributed by atoms with Crippen molar-refractivity contribution in [1.82, 2.24) is 9.97 Å². The van der Waals surface area contributed by atoms with Crippen LogP contribution in [0.15, 0.2) is 53.3 Å². The lowest BCUT2D eigenvalue weighted by molar-refractivity contribution is 0.415. The van der Waals surface area contributed by atoms with Gasteiger partial charge in [0.15, 0.2) is 0 Å². The third-order valence-electron chi connectivity index (χ3n) is 3.68. The standard InChI is InChI=1S/C18H17N3O2/c1-11-3-4-13(9-15(11)19)16-10-17(22)21-18(20-16)12-5-7-14(23-2)8-6-12/h3-10H,19H2,1-2H3,(H,20,21,22). The molecule has 3 aromatic rings. The number of H-pyrrole nitrogens is 1. The van der Waals surface area contributed by atoms with Gasteiger partial charge in [-0.1, -0.05) is 12.1 Å². The molecular formula is C18H17N3O2. The summed E-state index contributed by atoms with van der Waals surface area (Å²) in [6, 6.07) is 14.5. The average Bonchev–Trinajstić information content (AvgIpc) is 2.57. The summed E-state index contributed by atoms with van der Waals surface area (Å²) in [5.41, 5.74) is 9.63. The van der Waals surface area contributed by atoms with Crippen LogP contribution in [0.3, 0.4) is 0 Å². The Bertz CT molecular complexity index is 899. The Labute approximate surface area is 133 Å². The number of aromatic nitrogens is 2. The number of rotatable bonds is 3. The molecule has 2 aromatic carbocycles. The van der Waals surface area contributed by atoms with E-state index in [1.165, 1.54) is 6.07 Å². The number of nitrogens with one attached hydrogen (secondary N) is 1. The molecule has 0 saturated carbocycles. The van der Waals surface area contributed by atoms with E-state index in [1.807, 2.05) is 49.4 Å². The molecule has 0 aliphatic heterocycles. The number of methoxy groups -OCH3 is 1. The van der Waals surface area contributed by atoms with Crippen LogP contribution < -0.4 is 16.0 Å². The van der Waals surface area contributed by atoms with E-state index >= 15 is 0 Å². The van der Waals surface area contributed by atoms with Gasteiger partial charge in [-0.15, -0.1) is 0 Å². The van der Waals surface area contributed by atoms with Gasteiger partial charge in [0.1, 0.15) is 11.6 Å². The van der Waals surface area contributed by atoms with Crippen LogP contribution in [0.1, 0.15) is 5.56 Å². The van der Waals surface area contributed by atoms with Crippen LogP contribution in [0.2, 0.25) is 0 Å². The maximum absolute atomic E-state index is 12.0. The monoisotopic (exact) mass is 307 g/mol. The lowest BCUT2D eigenvalue weighted by Crippen LogP contribution is -2.08. The first kappa shape index (κ1) is 14.8. The SMILES string of the molecule is COc1ccc(-c2nc(-c3ccc(C)c(N)c3)cc(=O)[nH]2)cc1. The Hall–Kier alpha value is -3.08. The highest BCUT2D eigenvalue weighted by Crippen LogP contribution is 2.24. The van der Waals surface area contributed by atoms with Gasteiger partial charge in [0, 0.05) is 22.9 Å². The maximum Gasteiger partial charge on any atom is 0.251 e. The molecule has 5 nitrogen and oxygen atoms in total. The molecule has 1 heterocycles. The lowest BCUT2D eigenvalue weighted by Gasteiger charge is -2.07. The van der Waals surface area contributed by atoms with E-state index in [9.17, 15) is 4.79 Å². The molecule has 0 fully saturated rings. The number of hydrogen-bond donors (Lipinski definition) is 2. The van der Waals surface area contributed by atoms with E-state index in [-0.39, 0.29) is 5.56 Å². The summed E-state index contributed by atoms with van der Waals surface area (Å²) in [7, 11) is 1.61. The van der Waals surface area contributed by atoms with Crippen LogP contribution in [0, 0.1) is 6.92 Å². The van der Waals surface area contributed by atoms with Gasteiger partial charge in [-0.05, 0) is 42.8 Å². The highest BCUT2D eigenvalue weighted by molar-refractivity contribution is 5.68. The molecule has 0 aliphatic carbocycles. The molecule has 0 spiro atoms. The number of aromatic amines is 1. The number of aryl methyl sites for hydroxylation is 1. The molecule has 0 saturated heterocycles. The Morgan fingerprint density at radius 2 is 1.74 bits per heavy atom. The van der Waals surface area contributed by atoms with Crippen LogP contribution in [-0.4, -0.2) is 17.1 Å². The van der Waals surface area contributed by atoms with Gasteiger partial charge in [0.2, 0.25) is 0 Å². The second-order valence-electron chi connectivity index (χ2n) is 5.28. The van der Waals surface area contributed by atoms with Crippen molar-refractivity contribution >= 4 is 5.69 Å². The molecule has 1 aromatic heterocycles. The van der Waals surface area contributed by atoms with Crippen LogP contribution in [-0.2, 0) is 0 Å². The highest BCUT2D eigenvalue weighted by atomic mass is 16.5. The van der Waals surface area contributed by atoms with Crippen molar-refractivity contribution in [2.75, 3.05) is 12.8 Å². The predicted molar refractivity (Wildman–Crippen MR) is 91.4 cm³/mol. The minimum Gasteiger partial charge on any atom is -0.497 e. The maximum atomic E-state index is 12.0. The second kappa shape index (κ2) is 5.96. The first-order valence-corrected chi connectivity index (χ1v) is 7.19. The molecule has 23 heavy (non-hydrogen) atoms. The first-order valence-electron chi connectivity index (χ1n) is 7.19. The lowest BCUT2D eigenvalue weighted by atomic mass is 10.1. The molecule has 3 N–H and O–H groups in total. The summed E-state index contributed by atoms with van der Waals surface area (Å²) in [5.74, 6) is 1.26. The van der Waals surface area contributed by atoms with E-state index in [0.717, 1.165) is 22.4 Å². The molecule has 0 bridgehead atoms. The quantitative estimate of drug-likeness (QED) is 0.729. The van der Waals surface area contributed by atoms with E-state index < -0.39 is 0 Å². The minimum atomic E-state index is -0.208. The molecule has 0 amide bonds. The topological polar surface area (TPSA) is 81.0 Å². The molecule has 0 atom stereocenters. The normalized spacial score (nSPS) is 10.5. The molecular weight excluding hydrogens is 290 g/mol. The molecule has 116 valence electrons. The number of nitrogens with zero attached hydrogens (tertiary/aromatic N) is 1. The number of nitrogen functional groups attached to an aromatic ring is 1. The second-order valence-corrected chi connectivity index (χ2v) is 5.28. The Morgan fingerprint density at radius 3 is 2.39 bits per heavy atom. The minimum absolute atomic E-state index is 0.208. The Kier molecular flexibility index (Phi) is 3.85. The third-order valence-corrected chi connectivity index (χ3v) is 3.68. The molecule has 0 unspecified atom stereocenters. The largest absolute Gasteiger partial charge is 0.497 e. The first-order chi connectivity index (χ1) is 11.1. The van der Waals surface area contributed by atoms with Crippen molar-refractivity contribution < 1.29 is 4.74 Å². The third kappa shape index (κ3) is 3.08.